The van der Waals surface area contributed by atoms with E-state index in [4.69, 9.17) is 4.52 Å². The number of carbonyl (C=O) groups is 1. The molecule has 8 heteroatoms. The Kier molecular flexibility index (Phi) is 4.12. The predicted octanol–water partition coefficient (Wildman–Crippen LogP) is 3.15. The lowest BCUT2D eigenvalue weighted by molar-refractivity contribution is -0.120. The van der Waals surface area contributed by atoms with E-state index in [9.17, 15) is 4.79 Å². The molecule has 1 fully saturated rings. The van der Waals surface area contributed by atoms with E-state index in [-0.39, 0.29) is 11.8 Å². The molecule has 0 unspecified atom stereocenters. The van der Waals surface area contributed by atoms with Crippen LogP contribution in [0.1, 0.15) is 24.2 Å². The maximum Gasteiger partial charge on any atom is 0.228 e. The normalized spacial score (nSPS) is 15.7. The zero-order valence-corrected chi connectivity index (χ0v) is 15.0. The summed E-state index contributed by atoms with van der Waals surface area (Å²) in [7, 11) is 0. The number of anilines is 2. The Morgan fingerprint density at radius 3 is 2.84 bits per heavy atom. The number of carbonyl (C=O) groups excluding carboxylic acids is 1. The number of aromatic nitrogens is 3. The van der Waals surface area contributed by atoms with Crippen molar-refractivity contribution in [3.05, 3.63) is 29.1 Å². The van der Waals surface area contributed by atoms with Gasteiger partial charge in [0.15, 0.2) is 5.82 Å². The van der Waals surface area contributed by atoms with E-state index < -0.39 is 0 Å². The van der Waals surface area contributed by atoms with Crippen molar-refractivity contribution in [1.29, 1.82) is 0 Å². The number of rotatable bonds is 3. The van der Waals surface area contributed by atoms with E-state index in [1.54, 1.807) is 30.7 Å². The first-order valence-corrected chi connectivity index (χ1v) is 9.17. The Labute approximate surface area is 149 Å². The third-order valence-corrected chi connectivity index (χ3v) is 5.64. The summed E-state index contributed by atoms with van der Waals surface area (Å²) in [6, 6.07) is 1.73. The van der Waals surface area contributed by atoms with Gasteiger partial charge < -0.3 is 14.7 Å². The molecule has 3 aromatic heterocycles. The van der Waals surface area contributed by atoms with Crippen LogP contribution in [-0.4, -0.2) is 34.1 Å². The highest BCUT2D eigenvalue weighted by atomic mass is 32.1. The maximum atomic E-state index is 12.4. The summed E-state index contributed by atoms with van der Waals surface area (Å²) in [6.45, 7) is 5.48. The van der Waals surface area contributed by atoms with Crippen molar-refractivity contribution in [1.82, 2.24) is 15.1 Å². The average Bonchev–Trinajstić information content (AvgIpc) is 3.21. The van der Waals surface area contributed by atoms with E-state index in [1.807, 2.05) is 0 Å². The van der Waals surface area contributed by atoms with Crippen LogP contribution < -0.4 is 10.2 Å². The molecule has 25 heavy (non-hydrogen) atoms. The number of thiophene rings is 1. The van der Waals surface area contributed by atoms with E-state index in [2.05, 4.69) is 37.6 Å². The van der Waals surface area contributed by atoms with Crippen LogP contribution in [0.3, 0.4) is 0 Å². The van der Waals surface area contributed by atoms with Crippen molar-refractivity contribution in [3.8, 4) is 0 Å². The molecule has 1 amide bonds. The zero-order chi connectivity index (χ0) is 17.4. The van der Waals surface area contributed by atoms with E-state index in [1.165, 1.54) is 5.56 Å². The molecule has 130 valence electrons. The van der Waals surface area contributed by atoms with E-state index >= 15 is 0 Å². The second-order valence-corrected chi connectivity index (χ2v) is 7.25. The Morgan fingerprint density at radius 2 is 2.12 bits per heavy atom. The predicted molar refractivity (Wildman–Crippen MR) is 97.0 cm³/mol. The van der Waals surface area contributed by atoms with Crippen molar-refractivity contribution < 1.29 is 9.32 Å². The van der Waals surface area contributed by atoms with Crippen molar-refractivity contribution in [3.63, 3.8) is 0 Å². The molecule has 0 aromatic carbocycles. The minimum absolute atomic E-state index is 0.00718. The van der Waals surface area contributed by atoms with Crippen molar-refractivity contribution in [2.45, 2.75) is 26.7 Å². The Bertz CT molecular complexity index is 911. The molecule has 0 atom stereocenters. The lowest BCUT2D eigenvalue weighted by atomic mass is 9.96. The number of nitrogens with one attached hydrogen (secondary N) is 1. The zero-order valence-electron chi connectivity index (χ0n) is 14.2. The first kappa shape index (κ1) is 16.0. The first-order valence-electron chi connectivity index (χ1n) is 8.30. The van der Waals surface area contributed by atoms with Gasteiger partial charge in [0, 0.05) is 25.1 Å². The molecule has 0 spiro atoms. The maximum absolute atomic E-state index is 12.4. The smallest absolute Gasteiger partial charge is 0.228 e. The second kappa shape index (κ2) is 6.44. The molecule has 0 radical (unpaired) electrons. The highest BCUT2D eigenvalue weighted by Crippen LogP contribution is 2.33. The summed E-state index contributed by atoms with van der Waals surface area (Å²) in [5.74, 6) is 2.14. The minimum Gasteiger partial charge on any atom is -0.360 e. The number of aryl methyl sites for hydroxylation is 2. The first-order chi connectivity index (χ1) is 12.1. The summed E-state index contributed by atoms with van der Waals surface area (Å²) >= 11 is 1.68. The molecular weight excluding hydrogens is 338 g/mol. The van der Waals surface area contributed by atoms with Crippen LogP contribution in [0.5, 0.6) is 0 Å². The molecule has 1 aliphatic rings. The fourth-order valence-corrected chi connectivity index (χ4v) is 4.21. The highest BCUT2D eigenvalue weighted by Gasteiger charge is 2.27. The number of piperidine rings is 1. The summed E-state index contributed by atoms with van der Waals surface area (Å²) in [6.07, 6.45) is 3.21. The van der Waals surface area contributed by atoms with Gasteiger partial charge in [0.2, 0.25) is 5.91 Å². The van der Waals surface area contributed by atoms with Crippen molar-refractivity contribution in [2.75, 3.05) is 23.3 Å². The third-order valence-electron chi connectivity index (χ3n) is 4.56. The molecule has 4 heterocycles. The number of hydrogen-bond acceptors (Lipinski definition) is 7. The molecule has 7 nitrogen and oxygen atoms in total. The summed E-state index contributed by atoms with van der Waals surface area (Å²) in [4.78, 5) is 23.5. The van der Waals surface area contributed by atoms with Crippen LogP contribution >= 0.6 is 11.3 Å². The summed E-state index contributed by atoms with van der Waals surface area (Å²) in [5.41, 5.74) is 2.21. The SMILES string of the molecule is Cc1cc(NC(=O)C2CCN(c3ncnc4c(C)csc34)CC2)no1. The Morgan fingerprint density at radius 1 is 1.32 bits per heavy atom. The number of fused-ring (bicyclic) bond motifs is 1. The third kappa shape index (κ3) is 3.09. The lowest BCUT2D eigenvalue weighted by Crippen LogP contribution is -2.38. The quantitative estimate of drug-likeness (QED) is 0.775. The van der Waals surface area contributed by atoms with Crippen molar-refractivity contribution >= 4 is 39.1 Å². The average molecular weight is 357 g/mol. The van der Waals surface area contributed by atoms with Gasteiger partial charge in [-0.3, -0.25) is 4.79 Å². The van der Waals surface area contributed by atoms with Crippen LogP contribution in [0, 0.1) is 19.8 Å². The Hall–Kier alpha value is -2.48. The molecular formula is C17H19N5O2S. The molecule has 0 bridgehead atoms. The van der Waals surface area contributed by atoms with Crippen LogP contribution in [-0.2, 0) is 4.79 Å². The molecule has 0 aliphatic carbocycles. The summed E-state index contributed by atoms with van der Waals surface area (Å²) < 4.78 is 6.11. The second-order valence-electron chi connectivity index (χ2n) is 6.37. The highest BCUT2D eigenvalue weighted by molar-refractivity contribution is 7.18. The van der Waals surface area contributed by atoms with Gasteiger partial charge >= 0.3 is 0 Å². The molecule has 1 saturated heterocycles. The van der Waals surface area contributed by atoms with Crippen LogP contribution in [0.2, 0.25) is 0 Å². The largest absolute Gasteiger partial charge is 0.360 e. The standard InChI is InChI=1S/C17H19N5O2S/c1-10-8-25-15-14(10)18-9-19-16(15)22-5-3-12(4-6-22)17(23)20-13-7-11(2)24-21-13/h7-9,12H,3-6H2,1-2H3,(H,20,21,23). The molecule has 4 rings (SSSR count). The fourth-order valence-electron chi connectivity index (χ4n) is 3.19. The fraction of sp³-hybridized carbons (Fsp3) is 0.412. The monoisotopic (exact) mass is 357 g/mol. The molecule has 1 aliphatic heterocycles. The summed E-state index contributed by atoms with van der Waals surface area (Å²) in [5, 5.41) is 8.76. The number of hydrogen-bond donors (Lipinski definition) is 1. The number of amides is 1. The molecule has 0 saturated carbocycles. The molecule has 3 aromatic rings. The van der Waals surface area contributed by atoms with Crippen molar-refractivity contribution in [2.24, 2.45) is 5.92 Å². The van der Waals surface area contributed by atoms with Gasteiger partial charge in [-0.15, -0.1) is 11.3 Å². The van der Waals surface area contributed by atoms with Gasteiger partial charge in [-0.1, -0.05) is 5.16 Å². The Balaban J connectivity index is 1.43. The van der Waals surface area contributed by atoms with Gasteiger partial charge in [-0.2, -0.15) is 0 Å². The van der Waals surface area contributed by atoms with Gasteiger partial charge in [0.25, 0.3) is 0 Å². The lowest BCUT2D eigenvalue weighted by Gasteiger charge is -2.32. The van der Waals surface area contributed by atoms with Crippen LogP contribution in [0.15, 0.2) is 22.3 Å². The van der Waals surface area contributed by atoms with Crippen LogP contribution in [0.25, 0.3) is 10.2 Å². The van der Waals surface area contributed by atoms with E-state index in [0.717, 1.165) is 42.0 Å². The van der Waals surface area contributed by atoms with Gasteiger partial charge in [-0.25, -0.2) is 9.97 Å². The number of nitrogens with zero attached hydrogens (tertiary/aromatic N) is 4. The van der Waals surface area contributed by atoms with Gasteiger partial charge in [0.1, 0.15) is 17.9 Å². The topological polar surface area (TPSA) is 84.2 Å². The van der Waals surface area contributed by atoms with E-state index in [0.29, 0.717) is 11.6 Å². The van der Waals surface area contributed by atoms with Crippen LogP contribution in [0.4, 0.5) is 11.6 Å². The molecule has 1 N–H and O–H groups in total. The van der Waals surface area contributed by atoms with Gasteiger partial charge in [0.05, 0.1) is 10.2 Å². The van der Waals surface area contributed by atoms with Gasteiger partial charge in [-0.05, 0) is 37.6 Å². The minimum atomic E-state index is -0.0179.